The number of amides is 1. The van der Waals surface area contributed by atoms with Crippen LogP contribution in [0.25, 0.3) is 0 Å². The first-order chi connectivity index (χ1) is 7.61. The maximum Gasteiger partial charge on any atom is 0.255 e. The fourth-order valence-electron chi connectivity index (χ4n) is 1.89. The number of hydrogen-bond donors (Lipinski definition) is 0. The number of carbonyl (C=O) groups is 1. The topological polar surface area (TPSA) is 20.3 Å². The minimum absolute atomic E-state index is 0.213. The summed E-state index contributed by atoms with van der Waals surface area (Å²) in [5, 5.41) is 3.92. The first-order valence-corrected chi connectivity index (χ1v) is 6.90. The molecule has 1 aliphatic rings. The summed E-state index contributed by atoms with van der Waals surface area (Å²) in [6.07, 6.45) is 2.35. The molecule has 1 fully saturated rings. The van der Waals surface area contributed by atoms with Crippen LogP contribution >= 0.6 is 11.3 Å². The summed E-state index contributed by atoms with van der Waals surface area (Å²) in [4.78, 5) is 14.5. The van der Waals surface area contributed by atoms with Gasteiger partial charge >= 0.3 is 0 Å². The van der Waals surface area contributed by atoms with Crippen LogP contribution in [0.2, 0.25) is 0 Å². The van der Waals surface area contributed by atoms with Crippen molar-refractivity contribution in [1.29, 1.82) is 0 Å². The average Bonchev–Trinajstić information content (AvgIpc) is 2.93. The monoisotopic (exact) mass is 237 g/mol. The summed E-state index contributed by atoms with van der Waals surface area (Å²) in [6, 6.07) is 2.75. The molecule has 1 saturated carbocycles. The fraction of sp³-hybridized carbons (Fsp3) is 0.615. The number of hydrogen-bond acceptors (Lipinski definition) is 2. The van der Waals surface area contributed by atoms with Gasteiger partial charge in [0.1, 0.15) is 0 Å². The summed E-state index contributed by atoms with van der Waals surface area (Å²) in [7, 11) is 0. The lowest BCUT2D eigenvalue weighted by atomic mass is 10.0. The molecule has 1 unspecified atom stereocenters. The van der Waals surface area contributed by atoms with Crippen LogP contribution in [-0.4, -0.2) is 22.9 Å². The van der Waals surface area contributed by atoms with E-state index in [9.17, 15) is 4.79 Å². The predicted molar refractivity (Wildman–Crippen MR) is 67.8 cm³/mol. The zero-order valence-corrected chi connectivity index (χ0v) is 11.0. The maximum atomic E-state index is 12.4. The Balaban J connectivity index is 2.16. The molecule has 1 heterocycles. The summed E-state index contributed by atoms with van der Waals surface area (Å²) in [5.74, 6) is 0.730. The van der Waals surface area contributed by atoms with Crippen molar-refractivity contribution in [2.45, 2.75) is 45.7 Å². The van der Waals surface area contributed by atoms with Gasteiger partial charge in [-0.15, -0.1) is 0 Å². The van der Waals surface area contributed by atoms with Crippen LogP contribution < -0.4 is 0 Å². The van der Waals surface area contributed by atoms with E-state index in [-0.39, 0.29) is 5.91 Å². The van der Waals surface area contributed by atoms with Crippen molar-refractivity contribution in [3.05, 3.63) is 22.4 Å². The second kappa shape index (κ2) is 4.58. The number of rotatable bonds is 4. The third-order valence-electron chi connectivity index (χ3n) is 3.35. The van der Waals surface area contributed by atoms with Crippen LogP contribution in [0.3, 0.4) is 0 Å². The molecule has 0 aromatic carbocycles. The molecular weight excluding hydrogens is 218 g/mol. The highest BCUT2D eigenvalue weighted by Crippen LogP contribution is 2.32. The van der Waals surface area contributed by atoms with Gasteiger partial charge in [-0.3, -0.25) is 4.79 Å². The molecule has 0 aliphatic heterocycles. The Bertz CT molecular complexity index is 354. The standard InChI is InChI=1S/C13H19NOS/c1-9(2)10(3)14(12-4-5-12)13(15)11-6-7-16-8-11/h6-10,12H,4-5H2,1-3H3. The van der Waals surface area contributed by atoms with Crippen molar-refractivity contribution in [2.75, 3.05) is 0 Å². The van der Waals surface area contributed by atoms with Crippen LogP contribution in [-0.2, 0) is 0 Å². The van der Waals surface area contributed by atoms with Crippen LogP contribution in [0, 0.1) is 5.92 Å². The van der Waals surface area contributed by atoms with Gasteiger partial charge in [0, 0.05) is 17.5 Å². The van der Waals surface area contributed by atoms with Gasteiger partial charge < -0.3 is 4.90 Å². The van der Waals surface area contributed by atoms with Gasteiger partial charge in [-0.25, -0.2) is 0 Å². The lowest BCUT2D eigenvalue weighted by Gasteiger charge is -2.32. The number of carbonyl (C=O) groups excluding carboxylic acids is 1. The molecule has 0 radical (unpaired) electrons. The highest BCUT2D eigenvalue weighted by molar-refractivity contribution is 7.08. The van der Waals surface area contributed by atoms with E-state index < -0.39 is 0 Å². The Labute approximate surface area is 101 Å². The van der Waals surface area contributed by atoms with Gasteiger partial charge in [-0.05, 0) is 37.1 Å². The van der Waals surface area contributed by atoms with Crippen molar-refractivity contribution < 1.29 is 4.79 Å². The van der Waals surface area contributed by atoms with Crippen LogP contribution in [0.15, 0.2) is 16.8 Å². The summed E-state index contributed by atoms with van der Waals surface area (Å²) in [6.45, 7) is 6.52. The van der Waals surface area contributed by atoms with Crippen LogP contribution in [0.4, 0.5) is 0 Å². The Morgan fingerprint density at radius 3 is 2.56 bits per heavy atom. The number of thiophene rings is 1. The molecule has 0 saturated heterocycles. The molecular formula is C13H19NOS. The van der Waals surface area contributed by atoms with Crippen molar-refractivity contribution in [1.82, 2.24) is 4.90 Å². The molecule has 1 amide bonds. The first kappa shape index (κ1) is 11.6. The molecule has 3 heteroatoms. The fourth-order valence-corrected chi connectivity index (χ4v) is 2.52. The van der Waals surface area contributed by atoms with Crippen LogP contribution in [0.5, 0.6) is 0 Å². The molecule has 0 N–H and O–H groups in total. The minimum atomic E-state index is 0.213. The first-order valence-electron chi connectivity index (χ1n) is 5.96. The Hall–Kier alpha value is -0.830. The van der Waals surface area contributed by atoms with Gasteiger partial charge in [0.2, 0.25) is 0 Å². The quantitative estimate of drug-likeness (QED) is 0.786. The summed E-state index contributed by atoms with van der Waals surface area (Å²) < 4.78 is 0. The van der Waals surface area contributed by atoms with Crippen molar-refractivity contribution in [3.8, 4) is 0 Å². The van der Waals surface area contributed by atoms with Crippen molar-refractivity contribution in [3.63, 3.8) is 0 Å². The molecule has 0 bridgehead atoms. The lowest BCUT2D eigenvalue weighted by Crippen LogP contribution is -2.42. The molecule has 16 heavy (non-hydrogen) atoms. The van der Waals surface area contributed by atoms with Gasteiger partial charge in [-0.1, -0.05) is 13.8 Å². The molecule has 1 aliphatic carbocycles. The predicted octanol–water partition coefficient (Wildman–Crippen LogP) is 3.40. The van der Waals surface area contributed by atoms with E-state index in [2.05, 4.69) is 25.7 Å². The summed E-state index contributed by atoms with van der Waals surface area (Å²) >= 11 is 1.59. The molecule has 0 spiro atoms. The minimum Gasteiger partial charge on any atom is -0.333 e. The Kier molecular flexibility index (Phi) is 3.33. The molecule has 1 aromatic heterocycles. The van der Waals surface area contributed by atoms with Gasteiger partial charge in [0.15, 0.2) is 0 Å². The van der Waals surface area contributed by atoms with E-state index in [0.717, 1.165) is 5.56 Å². The third kappa shape index (κ3) is 2.29. The molecule has 1 atom stereocenters. The largest absolute Gasteiger partial charge is 0.333 e. The van der Waals surface area contributed by atoms with Crippen molar-refractivity contribution >= 4 is 17.2 Å². The van der Waals surface area contributed by atoms with Crippen LogP contribution in [0.1, 0.15) is 44.0 Å². The highest BCUT2D eigenvalue weighted by atomic mass is 32.1. The van der Waals surface area contributed by atoms with E-state index in [0.29, 0.717) is 18.0 Å². The Morgan fingerprint density at radius 1 is 1.44 bits per heavy atom. The van der Waals surface area contributed by atoms with E-state index in [1.807, 2.05) is 16.8 Å². The normalized spacial score (nSPS) is 17.5. The van der Waals surface area contributed by atoms with E-state index in [1.54, 1.807) is 11.3 Å². The van der Waals surface area contributed by atoms with Gasteiger partial charge in [0.25, 0.3) is 5.91 Å². The molecule has 2 nitrogen and oxygen atoms in total. The Morgan fingerprint density at radius 2 is 2.12 bits per heavy atom. The third-order valence-corrected chi connectivity index (χ3v) is 4.03. The van der Waals surface area contributed by atoms with Gasteiger partial charge in [-0.2, -0.15) is 11.3 Å². The van der Waals surface area contributed by atoms with Crippen molar-refractivity contribution in [2.24, 2.45) is 5.92 Å². The van der Waals surface area contributed by atoms with E-state index in [4.69, 9.17) is 0 Å². The zero-order valence-electron chi connectivity index (χ0n) is 10.1. The SMILES string of the molecule is CC(C)C(C)N(C(=O)c1ccsc1)C1CC1. The average molecular weight is 237 g/mol. The zero-order chi connectivity index (χ0) is 11.7. The van der Waals surface area contributed by atoms with Gasteiger partial charge in [0.05, 0.1) is 5.56 Å². The summed E-state index contributed by atoms with van der Waals surface area (Å²) in [5.41, 5.74) is 0.851. The number of nitrogens with zero attached hydrogens (tertiary/aromatic N) is 1. The van der Waals surface area contributed by atoms with E-state index in [1.165, 1.54) is 12.8 Å². The second-order valence-electron chi connectivity index (χ2n) is 4.94. The van der Waals surface area contributed by atoms with E-state index >= 15 is 0 Å². The molecule has 2 rings (SSSR count). The lowest BCUT2D eigenvalue weighted by molar-refractivity contribution is 0.0628. The second-order valence-corrected chi connectivity index (χ2v) is 5.72. The highest BCUT2D eigenvalue weighted by Gasteiger charge is 2.37. The molecule has 88 valence electrons. The maximum absolute atomic E-state index is 12.4. The smallest absolute Gasteiger partial charge is 0.255 e. The molecule has 1 aromatic rings.